The summed E-state index contributed by atoms with van der Waals surface area (Å²) in [5.74, 6) is 0. The molecular weight excluding hydrogens is 305 g/mol. The van der Waals surface area contributed by atoms with Crippen LogP contribution in [0.1, 0.15) is 46.6 Å². The van der Waals surface area contributed by atoms with E-state index in [1.54, 1.807) is 0 Å². The zero-order valence-electron chi connectivity index (χ0n) is 15.2. The molecule has 3 saturated heterocycles. The molecule has 3 aliphatic heterocycles. The van der Waals surface area contributed by atoms with E-state index in [-0.39, 0.29) is 18.3 Å². The van der Waals surface area contributed by atoms with Crippen LogP contribution in [0.25, 0.3) is 0 Å². The van der Waals surface area contributed by atoms with Crippen molar-refractivity contribution in [2.45, 2.75) is 63.8 Å². The van der Waals surface area contributed by atoms with Gasteiger partial charge in [-0.05, 0) is 40.5 Å². The molecule has 0 N–H and O–H groups in total. The van der Waals surface area contributed by atoms with Crippen LogP contribution in [0.4, 0.5) is 0 Å². The van der Waals surface area contributed by atoms with E-state index in [2.05, 4.69) is 48.6 Å². The third-order valence-corrected chi connectivity index (χ3v) is 6.12. The molecule has 6 nitrogen and oxygen atoms in total. The monoisotopic (exact) mass is 333 g/mol. The minimum atomic E-state index is -0.324. The van der Waals surface area contributed by atoms with Crippen molar-refractivity contribution >= 4 is 12.6 Å². The largest absolute Gasteiger partial charge is 0.498 e. The zero-order chi connectivity index (χ0) is 16.9. The Labute approximate surface area is 144 Å². The molecule has 1 aromatic heterocycles. The molecule has 24 heavy (non-hydrogen) atoms. The summed E-state index contributed by atoms with van der Waals surface area (Å²) in [5, 5.41) is 4.56. The SMILES string of the molecule is CC1(C)OB(c2cnn(C3CN(C4CCOCC4)C3)c2)OC1(C)C. The third-order valence-electron chi connectivity index (χ3n) is 6.12. The van der Waals surface area contributed by atoms with Crippen LogP contribution >= 0.6 is 0 Å². The Morgan fingerprint density at radius 1 is 1.04 bits per heavy atom. The third kappa shape index (κ3) is 2.81. The molecule has 0 saturated carbocycles. The number of likely N-dealkylation sites (tertiary alicyclic amines) is 1. The van der Waals surface area contributed by atoms with Crippen LogP contribution < -0.4 is 5.46 Å². The van der Waals surface area contributed by atoms with Crippen molar-refractivity contribution in [3.05, 3.63) is 12.4 Å². The fourth-order valence-corrected chi connectivity index (χ4v) is 3.66. The predicted octanol–water partition coefficient (Wildman–Crippen LogP) is 1.22. The van der Waals surface area contributed by atoms with Crippen molar-refractivity contribution in [2.75, 3.05) is 26.3 Å². The Morgan fingerprint density at radius 3 is 2.29 bits per heavy atom. The van der Waals surface area contributed by atoms with E-state index in [4.69, 9.17) is 14.0 Å². The highest BCUT2D eigenvalue weighted by Gasteiger charge is 2.52. The molecule has 0 bridgehead atoms. The Bertz CT molecular complexity index is 576. The van der Waals surface area contributed by atoms with Crippen molar-refractivity contribution in [2.24, 2.45) is 0 Å². The van der Waals surface area contributed by atoms with E-state index >= 15 is 0 Å². The highest BCUT2D eigenvalue weighted by molar-refractivity contribution is 6.62. The van der Waals surface area contributed by atoms with Crippen LogP contribution in [0.5, 0.6) is 0 Å². The molecule has 3 fully saturated rings. The van der Waals surface area contributed by atoms with Crippen LogP contribution in [0.2, 0.25) is 0 Å². The molecule has 0 amide bonds. The van der Waals surface area contributed by atoms with Crippen molar-refractivity contribution in [1.29, 1.82) is 0 Å². The second-order valence-corrected chi connectivity index (χ2v) is 8.29. The minimum absolute atomic E-state index is 0.309. The fourth-order valence-electron chi connectivity index (χ4n) is 3.66. The second-order valence-electron chi connectivity index (χ2n) is 8.29. The van der Waals surface area contributed by atoms with Crippen LogP contribution in [0.3, 0.4) is 0 Å². The summed E-state index contributed by atoms with van der Waals surface area (Å²) >= 11 is 0. The molecule has 1 aromatic rings. The standard InChI is InChI=1S/C17H28BN3O3/c1-16(2)17(3,4)24-18(23-16)13-9-19-21(10-13)15-11-20(12-15)14-5-7-22-8-6-14/h9-10,14-15H,5-8,11-12H2,1-4H3. The van der Waals surface area contributed by atoms with Gasteiger partial charge in [0.25, 0.3) is 0 Å². The molecule has 0 radical (unpaired) electrons. The molecule has 4 rings (SSSR count). The quantitative estimate of drug-likeness (QED) is 0.779. The molecular formula is C17H28BN3O3. The van der Waals surface area contributed by atoms with Gasteiger partial charge >= 0.3 is 7.12 Å². The normalized spacial score (nSPS) is 28.2. The van der Waals surface area contributed by atoms with Crippen molar-refractivity contribution in [3.8, 4) is 0 Å². The van der Waals surface area contributed by atoms with E-state index in [1.807, 2.05) is 6.20 Å². The second kappa shape index (κ2) is 5.83. The molecule has 0 atom stereocenters. The first-order valence-electron chi connectivity index (χ1n) is 9.07. The zero-order valence-corrected chi connectivity index (χ0v) is 15.2. The predicted molar refractivity (Wildman–Crippen MR) is 92.4 cm³/mol. The maximum absolute atomic E-state index is 6.11. The summed E-state index contributed by atoms with van der Waals surface area (Å²) in [5.41, 5.74) is 0.393. The van der Waals surface area contributed by atoms with Crippen LogP contribution in [0, 0.1) is 0 Å². The lowest BCUT2D eigenvalue weighted by Gasteiger charge is -2.45. The summed E-state index contributed by atoms with van der Waals surface area (Å²) < 4.78 is 19.8. The van der Waals surface area contributed by atoms with Gasteiger partial charge < -0.3 is 14.0 Å². The maximum atomic E-state index is 6.11. The van der Waals surface area contributed by atoms with E-state index in [1.165, 1.54) is 0 Å². The Morgan fingerprint density at radius 2 is 1.67 bits per heavy atom. The maximum Gasteiger partial charge on any atom is 0.498 e. The molecule has 3 aliphatic rings. The average Bonchev–Trinajstić information content (AvgIpc) is 3.02. The van der Waals surface area contributed by atoms with Gasteiger partial charge in [0.2, 0.25) is 0 Å². The first kappa shape index (κ1) is 16.6. The molecule has 0 unspecified atom stereocenters. The number of hydrogen-bond donors (Lipinski definition) is 0. The Hall–Kier alpha value is -0.885. The van der Waals surface area contributed by atoms with E-state index < -0.39 is 0 Å². The van der Waals surface area contributed by atoms with Gasteiger partial charge in [0.1, 0.15) is 0 Å². The summed E-state index contributed by atoms with van der Waals surface area (Å²) in [4.78, 5) is 2.56. The van der Waals surface area contributed by atoms with Gasteiger partial charge in [-0.2, -0.15) is 5.10 Å². The van der Waals surface area contributed by atoms with Gasteiger partial charge in [0.05, 0.1) is 17.2 Å². The van der Waals surface area contributed by atoms with Crippen molar-refractivity contribution in [1.82, 2.24) is 14.7 Å². The van der Waals surface area contributed by atoms with E-state index in [9.17, 15) is 0 Å². The molecule has 0 spiro atoms. The number of rotatable bonds is 3. The molecule has 132 valence electrons. The van der Waals surface area contributed by atoms with Gasteiger partial charge in [-0.25, -0.2) is 0 Å². The number of hydrogen-bond acceptors (Lipinski definition) is 5. The van der Waals surface area contributed by atoms with Crippen LogP contribution in [-0.4, -0.2) is 65.3 Å². The Kier molecular flexibility index (Phi) is 4.03. The first-order chi connectivity index (χ1) is 11.4. The van der Waals surface area contributed by atoms with Gasteiger partial charge in [-0.15, -0.1) is 0 Å². The highest BCUT2D eigenvalue weighted by atomic mass is 16.7. The number of aromatic nitrogens is 2. The van der Waals surface area contributed by atoms with Crippen LogP contribution in [0.15, 0.2) is 12.4 Å². The minimum Gasteiger partial charge on any atom is -0.399 e. The summed E-state index contributed by atoms with van der Waals surface area (Å²) in [6.45, 7) is 12.3. The van der Waals surface area contributed by atoms with Crippen molar-refractivity contribution < 1.29 is 14.0 Å². The fraction of sp³-hybridized carbons (Fsp3) is 0.824. The lowest BCUT2D eigenvalue weighted by atomic mass is 9.82. The summed E-state index contributed by atoms with van der Waals surface area (Å²) in [6, 6.07) is 1.15. The topological polar surface area (TPSA) is 48.8 Å². The lowest BCUT2D eigenvalue weighted by molar-refractivity contribution is -0.0138. The highest BCUT2D eigenvalue weighted by Crippen LogP contribution is 2.36. The number of ether oxygens (including phenoxy) is 1. The summed E-state index contributed by atoms with van der Waals surface area (Å²) in [6.07, 6.45) is 6.30. The van der Waals surface area contributed by atoms with Gasteiger partial charge in [-0.3, -0.25) is 9.58 Å². The number of nitrogens with zero attached hydrogens (tertiary/aromatic N) is 3. The summed E-state index contributed by atoms with van der Waals surface area (Å²) in [7, 11) is -0.324. The molecule has 0 aromatic carbocycles. The smallest absolute Gasteiger partial charge is 0.399 e. The van der Waals surface area contributed by atoms with Crippen molar-refractivity contribution in [3.63, 3.8) is 0 Å². The molecule has 7 heteroatoms. The van der Waals surface area contributed by atoms with Gasteiger partial charge in [0.15, 0.2) is 0 Å². The molecule has 0 aliphatic carbocycles. The average molecular weight is 333 g/mol. The van der Waals surface area contributed by atoms with Gasteiger partial charge in [-0.1, -0.05) is 0 Å². The van der Waals surface area contributed by atoms with E-state index in [0.29, 0.717) is 12.1 Å². The molecule has 4 heterocycles. The van der Waals surface area contributed by atoms with E-state index in [0.717, 1.165) is 44.6 Å². The van der Waals surface area contributed by atoms with Gasteiger partial charge in [0, 0.05) is 50.2 Å². The van der Waals surface area contributed by atoms with Crippen LogP contribution in [-0.2, 0) is 14.0 Å². The first-order valence-corrected chi connectivity index (χ1v) is 9.07. The Balaban J connectivity index is 1.37. The lowest BCUT2D eigenvalue weighted by Crippen LogP contribution is -2.54.